The van der Waals surface area contributed by atoms with Crippen LogP contribution >= 0.6 is 34.5 Å². The van der Waals surface area contributed by atoms with Gasteiger partial charge in [-0.2, -0.15) is 0 Å². The van der Waals surface area contributed by atoms with E-state index in [0.29, 0.717) is 15.7 Å². The minimum atomic E-state index is -0.304. The van der Waals surface area contributed by atoms with Crippen LogP contribution in [-0.2, 0) is 5.88 Å². The number of nitrogens with zero attached hydrogens (tertiary/aromatic N) is 2. The van der Waals surface area contributed by atoms with Crippen LogP contribution in [0.1, 0.15) is 14.8 Å². The lowest BCUT2D eigenvalue weighted by molar-refractivity contribution is 0.102. The SMILES string of the molecule is O=C(Nc1ccc(Cl)cc1)c1nnc(CCl)s1. The molecule has 0 atom stereocenters. The maximum absolute atomic E-state index is 11.7. The number of aromatic nitrogens is 2. The van der Waals surface area contributed by atoms with Crippen LogP contribution in [0.3, 0.4) is 0 Å². The number of benzene rings is 1. The van der Waals surface area contributed by atoms with Gasteiger partial charge < -0.3 is 5.32 Å². The number of hydrogen-bond donors (Lipinski definition) is 1. The molecular formula is C10H7Cl2N3OS. The van der Waals surface area contributed by atoms with Gasteiger partial charge >= 0.3 is 0 Å². The van der Waals surface area contributed by atoms with Crippen LogP contribution in [0.15, 0.2) is 24.3 Å². The van der Waals surface area contributed by atoms with Crippen LogP contribution in [0, 0.1) is 0 Å². The van der Waals surface area contributed by atoms with E-state index in [-0.39, 0.29) is 16.8 Å². The molecule has 4 nitrogen and oxygen atoms in total. The molecule has 7 heteroatoms. The van der Waals surface area contributed by atoms with E-state index < -0.39 is 0 Å². The average Bonchev–Trinajstić information content (AvgIpc) is 2.81. The second-order valence-electron chi connectivity index (χ2n) is 3.10. The smallest absolute Gasteiger partial charge is 0.286 e. The summed E-state index contributed by atoms with van der Waals surface area (Å²) in [5.41, 5.74) is 0.655. The molecule has 1 heterocycles. The first-order chi connectivity index (χ1) is 8.19. The van der Waals surface area contributed by atoms with Crippen molar-refractivity contribution in [2.45, 2.75) is 5.88 Å². The maximum Gasteiger partial charge on any atom is 0.286 e. The number of carbonyl (C=O) groups is 1. The Bertz CT molecular complexity index is 527. The lowest BCUT2D eigenvalue weighted by Crippen LogP contribution is -2.11. The Morgan fingerprint density at radius 2 is 2.00 bits per heavy atom. The molecule has 0 aliphatic heterocycles. The van der Waals surface area contributed by atoms with Crippen LogP contribution in [-0.4, -0.2) is 16.1 Å². The van der Waals surface area contributed by atoms with E-state index >= 15 is 0 Å². The van der Waals surface area contributed by atoms with Crippen LogP contribution in [0.25, 0.3) is 0 Å². The predicted octanol–water partition coefficient (Wildman–Crippen LogP) is 3.18. The highest BCUT2D eigenvalue weighted by Gasteiger charge is 2.12. The molecule has 0 aliphatic carbocycles. The van der Waals surface area contributed by atoms with E-state index in [2.05, 4.69) is 15.5 Å². The fraction of sp³-hybridized carbons (Fsp3) is 0.100. The summed E-state index contributed by atoms with van der Waals surface area (Å²) in [6.07, 6.45) is 0. The minimum absolute atomic E-state index is 0.256. The Balaban J connectivity index is 2.08. The maximum atomic E-state index is 11.7. The first-order valence-electron chi connectivity index (χ1n) is 4.64. The monoisotopic (exact) mass is 287 g/mol. The third kappa shape index (κ3) is 3.15. The van der Waals surface area contributed by atoms with Gasteiger partial charge in [0.05, 0.1) is 5.88 Å². The molecule has 88 valence electrons. The zero-order valence-corrected chi connectivity index (χ0v) is 10.8. The highest BCUT2D eigenvalue weighted by molar-refractivity contribution is 7.13. The quantitative estimate of drug-likeness (QED) is 0.882. The van der Waals surface area contributed by atoms with E-state index in [9.17, 15) is 4.79 Å². The number of hydrogen-bond acceptors (Lipinski definition) is 4. The van der Waals surface area contributed by atoms with Crippen molar-refractivity contribution in [3.05, 3.63) is 39.3 Å². The van der Waals surface area contributed by atoms with Crippen LogP contribution in [0.2, 0.25) is 5.02 Å². The Morgan fingerprint density at radius 3 is 2.59 bits per heavy atom. The molecule has 0 bridgehead atoms. The summed E-state index contributed by atoms with van der Waals surface area (Å²) in [7, 11) is 0. The summed E-state index contributed by atoms with van der Waals surface area (Å²) < 4.78 is 0. The number of rotatable bonds is 3. The molecule has 1 amide bonds. The largest absolute Gasteiger partial charge is 0.320 e. The van der Waals surface area contributed by atoms with Gasteiger partial charge in [-0.25, -0.2) is 0 Å². The Kier molecular flexibility index (Phi) is 3.93. The van der Waals surface area contributed by atoms with Crippen molar-refractivity contribution < 1.29 is 4.79 Å². The molecule has 0 aliphatic rings. The molecule has 0 radical (unpaired) electrons. The van der Waals surface area contributed by atoms with Gasteiger partial charge in [0.2, 0.25) is 5.01 Å². The first-order valence-corrected chi connectivity index (χ1v) is 6.37. The number of amides is 1. The molecule has 0 spiro atoms. The van der Waals surface area contributed by atoms with E-state index in [1.165, 1.54) is 11.3 Å². The van der Waals surface area contributed by atoms with Crippen molar-refractivity contribution in [1.82, 2.24) is 10.2 Å². The second kappa shape index (κ2) is 5.44. The normalized spacial score (nSPS) is 10.2. The van der Waals surface area contributed by atoms with E-state index in [0.717, 1.165) is 0 Å². The molecule has 0 fully saturated rings. The van der Waals surface area contributed by atoms with Crippen molar-refractivity contribution in [3.63, 3.8) is 0 Å². The van der Waals surface area contributed by atoms with Crippen LogP contribution < -0.4 is 5.32 Å². The van der Waals surface area contributed by atoms with Gasteiger partial charge in [0.15, 0.2) is 0 Å². The number of halogens is 2. The Hall–Kier alpha value is -1.17. The molecule has 2 aromatic rings. The van der Waals surface area contributed by atoms with Crippen molar-refractivity contribution >= 4 is 46.1 Å². The average molecular weight is 288 g/mol. The summed E-state index contributed by atoms with van der Waals surface area (Å²) in [6.45, 7) is 0. The Morgan fingerprint density at radius 1 is 1.29 bits per heavy atom. The van der Waals surface area contributed by atoms with Gasteiger partial charge in [0.25, 0.3) is 5.91 Å². The number of anilines is 1. The van der Waals surface area contributed by atoms with Gasteiger partial charge in [0.1, 0.15) is 5.01 Å². The van der Waals surface area contributed by atoms with Crippen molar-refractivity contribution in [1.29, 1.82) is 0 Å². The van der Waals surface area contributed by atoms with Crippen molar-refractivity contribution in [2.75, 3.05) is 5.32 Å². The molecular weight excluding hydrogens is 281 g/mol. The summed E-state index contributed by atoms with van der Waals surface area (Å²) in [5.74, 6) is -0.0486. The highest BCUT2D eigenvalue weighted by Crippen LogP contribution is 2.16. The van der Waals surface area contributed by atoms with Gasteiger partial charge in [-0.1, -0.05) is 22.9 Å². The van der Waals surface area contributed by atoms with E-state index in [1.807, 2.05) is 0 Å². The lowest BCUT2D eigenvalue weighted by atomic mass is 10.3. The van der Waals surface area contributed by atoms with E-state index in [1.54, 1.807) is 24.3 Å². The molecule has 1 N–H and O–H groups in total. The topological polar surface area (TPSA) is 54.9 Å². The third-order valence-electron chi connectivity index (χ3n) is 1.88. The molecule has 0 saturated carbocycles. The molecule has 1 aromatic carbocycles. The van der Waals surface area contributed by atoms with Gasteiger partial charge in [-0.05, 0) is 24.3 Å². The third-order valence-corrected chi connectivity index (χ3v) is 3.46. The van der Waals surface area contributed by atoms with Crippen molar-refractivity contribution in [2.24, 2.45) is 0 Å². The fourth-order valence-electron chi connectivity index (χ4n) is 1.12. The molecule has 1 aromatic heterocycles. The number of carbonyl (C=O) groups excluding carboxylic acids is 1. The van der Waals surface area contributed by atoms with Crippen LogP contribution in [0.5, 0.6) is 0 Å². The zero-order valence-electron chi connectivity index (χ0n) is 8.48. The van der Waals surface area contributed by atoms with Gasteiger partial charge in [-0.15, -0.1) is 21.8 Å². The molecule has 17 heavy (non-hydrogen) atoms. The zero-order chi connectivity index (χ0) is 12.3. The number of nitrogens with one attached hydrogen (secondary N) is 1. The molecule has 0 saturated heterocycles. The summed E-state index contributed by atoms with van der Waals surface area (Å²) >= 11 is 12.5. The fourth-order valence-corrected chi connectivity index (χ4v) is 2.05. The first kappa shape index (κ1) is 12.3. The highest BCUT2D eigenvalue weighted by atomic mass is 35.5. The van der Waals surface area contributed by atoms with Gasteiger partial charge in [-0.3, -0.25) is 4.79 Å². The minimum Gasteiger partial charge on any atom is -0.320 e. The summed E-state index contributed by atoms with van der Waals surface area (Å²) in [5, 5.41) is 11.7. The summed E-state index contributed by atoms with van der Waals surface area (Å²) in [6, 6.07) is 6.82. The number of alkyl halides is 1. The van der Waals surface area contributed by atoms with Crippen molar-refractivity contribution in [3.8, 4) is 0 Å². The Labute approximate surface area is 112 Å². The second-order valence-corrected chi connectivity index (χ2v) is 4.86. The standard InChI is InChI=1S/C10H7Cl2N3OS/c11-5-8-14-15-10(17-8)9(16)13-7-3-1-6(12)2-4-7/h1-4H,5H2,(H,13,16). The summed E-state index contributed by atoms with van der Waals surface area (Å²) in [4.78, 5) is 11.7. The predicted molar refractivity (Wildman–Crippen MR) is 68.9 cm³/mol. The van der Waals surface area contributed by atoms with Crippen LogP contribution in [0.4, 0.5) is 5.69 Å². The molecule has 0 unspecified atom stereocenters. The lowest BCUT2D eigenvalue weighted by Gasteiger charge is -2.01. The van der Waals surface area contributed by atoms with Gasteiger partial charge in [0, 0.05) is 10.7 Å². The van der Waals surface area contributed by atoms with E-state index in [4.69, 9.17) is 23.2 Å². The molecule has 2 rings (SSSR count).